The second-order valence-corrected chi connectivity index (χ2v) is 7.89. The second-order valence-electron chi connectivity index (χ2n) is 7.89. The standard InChI is InChI=1S/C27H23FN2O4/c1-3-13-34-19-10-11-20(17(2)14-19)25(31)23-24(21-8-4-5-9-22(21)28)30(27(33)26(23)32)16-18-7-6-12-29-15-18/h3-12,14-15,24,31H,1,13,16H2,2H3/t24-/m0/s1. The number of aliphatic hydroxyl groups excluding tert-OH is 1. The number of halogens is 1. The Morgan fingerprint density at radius 1 is 1.21 bits per heavy atom. The van der Waals surface area contributed by atoms with Crippen LogP contribution in [0.5, 0.6) is 5.75 Å². The van der Waals surface area contributed by atoms with Gasteiger partial charge in [-0.05, 0) is 48.4 Å². The van der Waals surface area contributed by atoms with Crippen molar-refractivity contribution in [3.05, 3.63) is 113 Å². The van der Waals surface area contributed by atoms with Crippen molar-refractivity contribution >= 4 is 17.4 Å². The Balaban J connectivity index is 1.85. The first-order chi connectivity index (χ1) is 16.4. The summed E-state index contributed by atoms with van der Waals surface area (Å²) in [5, 5.41) is 11.3. The quantitative estimate of drug-likeness (QED) is 0.240. The molecule has 0 aliphatic carbocycles. The Hall–Kier alpha value is -4.26. The van der Waals surface area contributed by atoms with Gasteiger partial charge in [-0.2, -0.15) is 0 Å². The van der Waals surface area contributed by atoms with Gasteiger partial charge in [-0.3, -0.25) is 14.6 Å². The summed E-state index contributed by atoms with van der Waals surface area (Å²) in [6.07, 6.45) is 4.78. The van der Waals surface area contributed by atoms with E-state index >= 15 is 0 Å². The zero-order valence-electron chi connectivity index (χ0n) is 18.6. The summed E-state index contributed by atoms with van der Waals surface area (Å²) >= 11 is 0. The van der Waals surface area contributed by atoms with E-state index in [2.05, 4.69) is 11.6 Å². The monoisotopic (exact) mass is 458 g/mol. The van der Waals surface area contributed by atoms with Crippen molar-refractivity contribution in [3.8, 4) is 5.75 Å². The first-order valence-electron chi connectivity index (χ1n) is 10.7. The van der Waals surface area contributed by atoms with E-state index in [1.807, 2.05) is 0 Å². The number of aliphatic hydroxyl groups is 1. The largest absolute Gasteiger partial charge is 0.507 e. The van der Waals surface area contributed by atoms with Gasteiger partial charge >= 0.3 is 0 Å². The number of aryl methyl sites for hydroxylation is 1. The molecule has 2 heterocycles. The number of ketones is 1. The summed E-state index contributed by atoms with van der Waals surface area (Å²) in [5.74, 6) is -2.07. The van der Waals surface area contributed by atoms with Crippen LogP contribution in [0, 0.1) is 12.7 Å². The molecule has 7 heteroatoms. The zero-order chi connectivity index (χ0) is 24.2. The lowest BCUT2D eigenvalue weighted by molar-refractivity contribution is -0.140. The van der Waals surface area contributed by atoms with Crippen LogP contribution in [0.2, 0.25) is 0 Å². The Bertz CT molecular complexity index is 1290. The fraction of sp³-hybridized carbons (Fsp3) is 0.148. The first-order valence-corrected chi connectivity index (χ1v) is 10.7. The number of hydrogen-bond acceptors (Lipinski definition) is 5. The number of ether oxygens (including phenoxy) is 1. The van der Waals surface area contributed by atoms with Crippen LogP contribution in [-0.2, 0) is 16.1 Å². The molecule has 1 aromatic heterocycles. The zero-order valence-corrected chi connectivity index (χ0v) is 18.6. The van der Waals surface area contributed by atoms with Gasteiger partial charge in [0.15, 0.2) is 0 Å². The number of pyridine rings is 1. The van der Waals surface area contributed by atoms with Crippen molar-refractivity contribution in [2.45, 2.75) is 19.5 Å². The smallest absolute Gasteiger partial charge is 0.295 e. The molecule has 1 aliphatic heterocycles. The number of hydrogen-bond donors (Lipinski definition) is 1. The lowest BCUT2D eigenvalue weighted by Crippen LogP contribution is -2.29. The molecule has 1 aliphatic rings. The van der Waals surface area contributed by atoms with Gasteiger partial charge in [0.05, 0.1) is 11.6 Å². The van der Waals surface area contributed by atoms with Crippen LogP contribution in [0.4, 0.5) is 4.39 Å². The molecule has 1 saturated heterocycles. The molecule has 34 heavy (non-hydrogen) atoms. The normalized spacial score (nSPS) is 17.1. The Kier molecular flexibility index (Phi) is 6.54. The van der Waals surface area contributed by atoms with E-state index in [4.69, 9.17) is 4.74 Å². The highest BCUT2D eigenvalue weighted by Crippen LogP contribution is 2.41. The van der Waals surface area contributed by atoms with Crippen molar-refractivity contribution in [2.24, 2.45) is 0 Å². The highest BCUT2D eigenvalue weighted by molar-refractivity contribution is 6.46. The predicted octanol–water partition coefficient (Wildman–Crippen LogP) is 4.72. The molecule has 2 aromatic carbocycles. The number of Topliss-reactive ketones (excluding diaryl/α,β-unsaturated/α-hetero) is 1. The van der Waals surface area contributed by atoms with E-state index in [1.54, 1.807) is 61.8 Å². The summed E-state index contributed by atoms with van der Waals surface area (Å²) in [4.78, 5) is 31.5. The minimum atomic E-state index is -1.10. The lowest BCUT2D eigenvalue weighted by atomic mass is 9.93. The van der Waals surface area contributed by atoms with Gasteiger partial charge in [0.1, 0.15) is 23.9 Å². The Labute approximate surface area is 196 Å². The van der Waals surface area contributed by atoms with Gasteiger partial charge in [-0.15, -0.1) is 0 Å². The van der Waals surface area contributed by atoms with Crippen molar-refractivity contribution in [1.82, 2.24) is 9.88 Å². The van der Waals surface area contributed by atoms with Gasteiger partial charge in [-0.25, -0.2) is 4.39 Å². The number of likely N-dealkylation sites (tertiary alicyclic amines) is 1. The average molecular weight is 458 g/mol. The van der Waals surface area contributed by atoms with Gasteiger partial charge in [0.25, 0.3) is 11.7 Å². The van der Waals surface area contributed by atoms with Crippen LogP contribution < -0.4 is 4.74 Å². The molecule has 4 rings (SSSR count). The maximum absolute atomic E-state index is 14.9. The van der Waals surface area contributed by atoms with E-state index < -0.39 is 23.5 Å². The minimum Gasteiger partial charge on any atom is -0.507 e. The SMILES string of the molecule is C=CCOc1ccc(C(O)=C2C(=O)C(=O)N(Cc3cccnc3)[C@H]2c2ccccc2F)c(C)c1. The van der Waals surface area contributed by atoms with E-state index in [9.17, 15) is 19.1 Å². The van der Waals surface area contributed by atoms with Gasteiger partial charge < -0.3 is 14.7 Å². The number of benzene rings is 2. The molecule has 1 N–H and O–H groups in total. The second kappa shape index (κ2) is 9.70. The number of carbonyl (C=O) groups is 2. The van der Waals surface area contributed by atoms with E-state index in [-0.39, 0.29) is 23.4 Å². The summed E-state index contributed by atoms with van der Waals surface area (Å²) in [7, 11) is 0. The topological polar surface area (TPSA) is 79.7 Å². The van der Waals surface area contributed by atoms with Gasteiger partial charge in [0, 0.05) is 30.1 Å². The third-order valence-corrected chi connectivity index (χ3v) is 5.64. The maximum Gasteiger partial charge on any atom is 0.295 e. The minimum absolute atomic E-state index is 0.0293. The van der Waals surface area contributed by atoms with Gasteiger partial charge in [0.2, 0.25) is 0 Å². The molecule has 0 bridgehead atoms. The molecule has 0 spiro atoms. The molecule has 0 unspecified atom stereocenters. The maximum atomic E-state index is 14.9. The molecule has 3 aromatic rings. The van der Waals surface area contributed by atoms with Crippen molar-refractivity contribution in [1.29, 1.82) is 0 Å². The van der Waals surface area contributed by atoms with Crippen LogP contribution in [0.3, 0.4) is 0 Å². The molecular formula is C27H23FN2O4. The predicted molar refractivity (Wildman–Crippen MR) is 125 cm³/mol. The third kappa shape index (κ3) is 4.32. The third-order valence-electron chi connectivity index (χ3n) is 5.64. The van der Waals surface area contributed by atoms with Crippen LogP contribution >= 0.6 is 0 Å². The number of nitrogens with zero attached hydrogens (tertiary/aromatic N) is 2. The van der Waals surface area contributed by atoms with E-state index in [0.29, 0.717) is 29.0 Å². The number of aromatic nitrogens is 1. The van der Waals surface area contributed by atoms with E-state index in [1.165, 1.54) is 23.1 Å². The van der Waals surface area contributed by atoms with Crippen LogP contribution in [-0.4, -0.2) is 33.3 Å². The summed E-state index contributed by atoms with van der Waals surface area (Å²) < 4.78 is 20.4. The number of amides is 1. The number of rotatable bonds is 7. The summed E-state index contributed by atoms with van der Waals surface area (Å²) in [5.41, 5.74) is 1.61. The molecule has 0 saturated carbocycles. The van der Waals surface area contributed by atoms with Crippen LogP contribution in [0.15, 0.2) is 85.2 Å². The van der Waals surface area contributed by atoms with Crippen molar-refractivity contribution < 1.29 is 23.8 Å². The molecule has 1 amide bonds. The summed E-state index contributed by atoms with van der Waals surface area (Å²) in [6, 6.07) is 13.3. The average Bonchev–Trinajstić information content (AvgIpc) is 3.08. The van der Waals surface area contributed by atoms with Crippen molar-refractivity contribution in [2.75, 3.05) is 6.61 Å². The number of carbonyl (C=O) groups excluding carboxylic acids is 2. The molecule has 6 nitrogen and oxygen atoms in total. The Morgan fingerprint density at radius 2 is 2.00 bits per heavy atom. The molecule has 172 valence electrons. The van der Waals surface area contributed by atoms with Gasteiger partial charge in [-0.1, -0.05) is 36.9 Å². The highest BCUT2D eigenvalue weighted by Gasteiger charge is 2.47. The van der Waals surface area contributed by atoms with Crippen LogP contribution in [0.1, 0.15) is 28.3 Å². The molecule has 0 radical (unpaired) electrons. The highest BCUT2D eigenvalue weighted by atomic mass is 19.1. The van der Waals surface area contributed by atoms with E-state index in [0.717, 1.165) is 0 Å². The first kappa shape index (κ1) is 22.9. The fourth-order valence-corrected chi connectivity index (χ4v) is 4.04. The summed E-state index contributed by atoms with van der Waals surface area (Å²) in [6.45, 7) is 5.71. The van der Waals surface area contributed by atoms with Crippen LogP contribution in [0.25, 0.3) is 5.76 Å². The van der Waals surface area contributed by atoms with Crippen molar-refractivity contribution in [3.63, 3.8) is 0 Å². The molecule has 1 atom stereocenters. The lowest BCUT2D eigenvalue weighted by Gasteiger charge is -2.25. The molecular weight excluding hydrogens is 435 g/mol. The Morgan fingerprint density at radius 3 is 2.68 bits per heavy atom. The fourth-order valence-electron chi connectivity index (χ4n) is 4.04. The molecule has 1 fully saturated rings.